The third-order valence-corrected chi connectivity index (χ3v) is 6.63. The molecule has 0 aliphatic rings. The van der Waals surface area contributed by atoms with Crippen LogP contribution in [0.15, 0.2) is 29.4 Å². The minimum atomic E-state index is -0.562. The molecule has 0 bridgehead atoms. The third kappa shape index (κ3) is 6.69. The van der Waals surface area contributed by atoms with Crippen LogP contribution < -0.4 is 21.7 Å². The Labute approximate surface area is 213 Å². The van der Waals surface area contributed by atoms with Crippen LogP contribution >= 0.6 is 23.1 Å². The SMILES string of the molecule is CSc1nc(-c2cccc(NC(=O)CNC(C)(C)CO)c2)c2c(N)c(C(=O)NC(C)(C)C)sc2n1. The Morgan fingerprint density at radius 3 is 2.51 bits per heavy atom. The highest BCUT2D eigenvalue weighted by Crippen LogP contribution is 2.39. The number of nitrogen functional groups attached to an aromatic ring is 1. The number of thiophene rings is 1. The molecule has 0 atom stereocenters. The zero-order valence-electron chi connectivity index (χ0n) is 20.8. The topological polar surface area (TPSA) is 142 Å². The van der Waals surface area contributed by atoms with Crippen LogP contribution in [-0.4, -0.2) is 57.4 Å². The molecule has 0 fully saturated rings. The summed E-state index contributed by atoms with van der Waals surface area (Å²) in [6, 6.07) is 7.29. The molecule has 0 saturated heterocycles. The molecule has 1 aromatic carbocycles. The number of amides is 2. The average molecular weight is 517 g/mol. The van der Waals surface area contributed by atoms with E-state index in [4.69, 9.17) is 10.7 Å². The second kappa shape index (κ2) is 10.5. The number of rotatable bonds is 8. The standard InChI is InChI=1S/C24H32N6O3S2/c1-23(2,3)30-20(33)19-17(25)16-18(28-22(34-6)29-21(16)35-19)13-8-7-9-14(10-13)27-15(32)11-26-24(4,5)12-31/h7-10,26,31H,11-12,25H2,1-6H3,(H,27,32)(H,30,33). The summed E-state index contributed by atoms with van der Waals surface area (Å²) >= 11 is 2.63. The summed E-state index contributed by atoms with van der Waals surface area (Å²) < 4.78 is 0. The van der Waals surface area contributed by atoms with E-state index in [-0.39, 0.29) is 25.0 Å². The minimum absolute atomic E-state index is 0.0515. The van der Waals surface area contributed by atoms with Crippen molar-refractivity contribution in [3.05, 3.63) is 29.1 Å². The van der Waals surface area contributed by atoms with Crippen molar-refractivity contribution in [3.8, 4) is 11.3 Å². The van der Waals surface area contributed by atoms with Gasteiger partial charge in [0.05, 0.1) is 29.9 Å². The molecule has 9 nitrogen and oxygen atoms in total. The van der Waals surface area contributed by atoms with Crippen molar-refractivity contribution in [2.24, 2.45) is 0 Å². The average Bonchev–Trinajstić information content (AvgIpc) is 3.13. The number of carbonyl (C=O) groups is 2. The minimum Gasteiger partial charge on any atom is -0.397 e. The van der Waals surface area contributed by atoms with Gasteiger partial charge in [0.25, 0.3) is 5.91 Å². The number of benzene rings is 1. The highest BCUT2D eigenvalue weighted by atomic mass is 32.2. The van der Waals surface area contributed by atoms with E-state index in [1.807, 2.05) is 59.1 Å². The lowest BCUT2D eigenvalue weighted by Gasteiger charge is -2.23. The first kappa shape index (κ1) is 26.9. The van der Waals surface area contributed by atoms with Crippen LogP contribution in [-0.2, 0) is 4.79 Å². The van der Waals surface area contributed by atoms with Gasteiger partial charge in [-0.25, -0.2) is 9.97 Å². The van der Waals surface area contributed by atoms with Crippen LogP contribution in [0.1, 0.15) is 44.3 Å². The normalized spacial score (nSPS) is 12.1. The zero-order chi connectivity index (χ0) is 26.0. The number of aliphatic hydroxyl groups excluding tert-OH is 1. The number of aromatic nitrogens is 2. The number of thioether (sulfide) groups is 1. The van der Waals surface area contributed by atoms with Gasteiger partial charge in [0, 0.05) is 22.3 Å². The number of nitrogens with one attached hydrogen (secondary N) is 3. The smallest absolute Gasteiger partial charge is 0.263 e. The van der Waals surface area contributed by atoms with E-state index >= 15 is 0 Å². The van der Waals surface area contributed by atoms with Crippen molar-refractivity contribution in [1.29, 1.82) is 0 Å². The zero-order valence-corrected chi connectivity index (χ0v) is 22.4. The van der Waals surface area contributed by atoms with Crippen LogP contribution in [0, 0.1) is 0 Å². The molecule has 6 N–H and O–H groups in total. The number of aliphatic hydroxyl groups is 1. The summed E-state index contributed by atoms with van der Waals surface area (Å²) in [5.74, 6) is -0.494. The van der Waals surface area contributed by atoms with E-state index in [0.29, 0.717) is 37.3 Å². The summed E-state index contributed by atoms with van der Waals surface area (Å²) in [5, 5.41) is 19.4. The summed E-state index contributed by atoms with van der Waals surface area (Å²) in [7, 11) is 0. The van der Waals surface area contributed by atoms with Crippen LogP contribution in [0.5, 0.6) is 0 Å². The molecular weight excluding hydrogens is 484 g/mol. The lowest BCUT2D eigenvalue weighted by molar-refractivity contribution is -0.115. The van der Waals surface area contributed by atoms with Gasteiger partial charge in [-0.1, -0.05) is 23.9 Å². The van der Waals surface area contributed by atoms with Crippen molar-refractivity contribution in [2.75, 3.05) is 30.5 Å². The fourth-order valence-corrected chi connectivity index (χ4v) is 4.61. The van der Waals surface area contributed by atoms with Crippen molar-refractivity contribution in [3.63, 3.8) is 0 Å². The molecule has 3 rings (SSSR count). The summed E-state index contributed by atoms with van der Waals surface area (Å²) in [5.41, 5.74) is 7.75. The van der Waals surface area contributed by atoms with Gasteiger partial charge < -0.3 is 26.8 Å². The second-order valence-electron chi connectivity index (χ2n) is 9.81. The molecule has 2 heterocycles. The van der Waals surface area contributed by atoms with Crippen LogP contribution in [0.2, 0.25) is 0 Å². The van der Waals surface area contributed by atoms with Gasteiger partial charge in [-0.05, 0) is 53.0 Å². The second-order valence-corrected chi connectivity index (χ2v) is 11.6. The molecule has 2 aromatic heterocycles. The van der Waals surface area contributed by atoms with E-state index in [1.54, 1.807) is 6.07 Å². The molecule has 0 saturated carbocycles. The predicted molar refractivity (Wildman–Crippen MR) is 144 cm³/mol. The third-order valence-electron chi connectivity index (χ3n) is 4.99. The van der Waals surface area contributed by atoms with Crippen molar-refractivity contribution in [1.82, 2.24) is 20.6 Å². The van der Waals surface area contributed by atoms with E-state index in [0.717, 1.165) is 5.56 Å². The Kier molecular flexibility index (Phi) is 8.05. The van der Waals surface area contributed by atoms with E-state index in [1.165, 1.54) is 23.1 Å². The van der Waals surface area contributed by atoms with Gasteiger partial charge in [0.15, 0.2) is 5.16 Å². The molecule has 11 heteroatoms. The first-order chi connectivity index (χ1) is 16.3. The number of anilines is 2. The highest BCUT2D eigenvalue weighted by molar-refractivity contribution is 7.98. The van der Waals surface area contributed by atoms with Crippen LogP contribution in [0.4, 0.5) is 11.4 Å². The maximum atomic E-state index is 12.9. The molecule has 188 valence electrons. The summed E-state index contributed by atoms with van der Waals surface area (Å²) in [4.78, 5) is 35.6. The summed E-state index contributed by atoms with van der Waals surface area (Å²) in [6.07, 6.45) is 1.88. The number of carbonyl (C=O) groups excluding carboxylic acids is 2. The van der Waals surface area contributed by atoms with Gasteiger partial charge in [0.2, 0.25) is 5.91 Å². The maximum Gasteiger partial charge on any atom is 0.263 e. The molecule has 0 unspecified atom stereocenters. The van der Waals surface area contributed by atoms with Crippen LogP contribution in [0.25, 0.3) is 21.5 Å². The fraction of sp³-hybridized carbons (Fsp3) is 0.417. The van der Waals surface area contributed by atoms with Gasteiger partial charge in [-0.3, -0.25) is 9.59 Å². The van der Waals surface area contributed by atoms with Crippen molar-refractivity contribution in [2.45, 2.75) is 50.9 Å². The molecule has 2 amide bonds. The van der Waals surface area contributed by atoms with Gasteiger partial charge in [0.1, 0.15) is 9.71 Å². The van der Waals surface area contributed by atoms with Gasteiger partial charge >= 0.3 is 0 Å². The monoisotopic (exact) mass is 516 g/mol. The number of hydrogen-bond donors (Lipinski definition) is 5. The number of nitrogens with two attached hydrogens (primary N) is 1. The Morgan fingerprint density at radius 2 is 1.89 bits per heavy atom. The Balaban J connectivity index is 1.98. The fourth-order valence-electron chi connectivity index (χ4n) is 3.19. The number of nitrogens with zero attached hydrogens (tertiary/aromatic N) is 2. The number of hydrogen-bond acceptors (Lipinski definition) is 9. The first-order valence-corrected chi connectivity index (χ1v) is 13.1. The number of fused-ring (bicyclic) bond motifs is 1. The predicted octanol–water partition coefficient (Wildman–Crippen LogP) is 3.49. The Hall–Kier alpha value is -2.73. The lowest BCUT2D eigenvalue weighted by atomic mass is 10.1. The summed E-state index contributed by atoms with van der Waals surface area (Å²) in [6.45, 7) is 9.31. The molecule has 0 spiro atoms. The quantitative estimate of drug-likeness (QED) is 0.226. The molecule has 0 aliphatic heterocycles. The largest absolute Gasteiger partial charge is 0.397 e. The first-order valence-electron chi connectivity index (χ1n) is 11.1. The Morgan fingerprint density at radius 1 is 1.17 bits per heavy atom. The molecular formula is C24H32N6O3S2. The van der Waals surface area contributed by atoms with Crippen LogP contribution in [0.3, 0.4) is 0 Å². The van der Waals surface area contributed by atoms with Crippen molar-refractivity contribution >= 4 is 56.5 Å². The molecule has 0 aliphatic carbocycles. The highest BCUT2D eigenvalue weighted by Gasteiger charge is 2.25. The molecule has 3 aromatic rings. The van der Waals surface area contributed by atoms with E-state index < -0.39 is 11.1 Å². The molecule has 35 heavy (non-hydrogen) atoms. The van der Waals surface area contributed by atoms with Gasteiger partial charge in [-0.2, -0.15) is 0 Å². The van der Waals surface area contributed by atoms with Gasteiger partial charge in [-0.15, -0.1) is 11.3 Å². The van der Waals surface area contributed by atoms with Crippen molar-refractivity contribution < 1.29 is 14.7 Å². The molecule has 0 radical (unpaired) electrons. The maximum absolute atomic E-state index is 12.9. The van der Waals surface area contributed by atoms with E-state index in [2.05, 4.69) is 20.9 Å². The lowest BCUT2D eigenvalue weighted by Crippen LogP contribution is -2.46. The Bertz CT molecular complexity index is 1250. The van der Waals surface area contributed by atoms with E-state index in [9.17, 15) is 14.7 Å².